The molecule has 24 heavy (non-hydrogen) atoms. The second-order valence-corrected chi connectivity index (χ2v) is 7.29. The van der Waals surface area contributed by atoms with Gasteiger partial charge in [-0.1, -0.05) is 72.8 Å². The van der Waals surface area contributed by atoms with Crippen LogP contribution >= 0.6 is 0 Å². The summed E-state index contributed by atoms with van der Waals surface area (Å²) in [6, 6.07) is 20.8. The Hall–Kier alpha value is -2.41. The lowest BCUT2D eigenvalue weighted by Crippen LogP contribution is -2.32. The Labute approximate surface area is 143 Å². The molecule has 2 atom stereocenters. The fraction of sp³-hybridized carbons (Fsp3) is 0.261. The molecular weight excluding hydrogens is 292 g/mol. The number of hydrogen-bond donors (Lipinski definition) is 0. The summed E-state index contributed by atoms with van der Waals surface area (Å²) < 4.78 is 0. The summed E-state index contributed by atoms with van der Waals surface area (Å²) in [4.78, 5) is 13.5. The number of fused-ring (bicyclic) bond motifs is 2. The van der Waals surface area contributed by atoms with Crippen LogP contribution in [-0.2, 0) is 4.79 Å². The van der Waals surface area contributed by atoms with Gasteiger partial charge in [0.25, 0.3) is 0 Å². The highest BCUT2D eigenvalue weighted by molar-refractivity contribution is 6.21. The molecule has 0 spiro atoms. The molecule has 0 saturated heterocycles. The summed E-state index contributed by atoms with van der Waals surface area (Å²) in [6.07, 6.45) is 6.15. The van der Waals surface area contributed by atoms with Crippen molar-refractivity contribution in [3.05, 3.63) is 83.9 Å². The van der Waals surface area contributed by atoms with Crippen molar-refractivity contribution in [2.45, 2.75) is 26.7 Å². The summed E-state index contributed by atoms with van der Waals surface area (Å²) in [5.74, 6) is 0.335. The van der Waals surface area contributed by atoms with E-state index in [2.05, 4.69) is 74.5 Å². The minimum Gasteiger partial charge on any atom is -0.297 e. The minimum absolute atomic E-state index is 0.335. The van der Waals surface area contributed by atoms with E-state index >= 15 is 0 Å². The van der Waals surface area contributed by atoms with Gasteiger partial charge in [-0.2, -0.15) is 0 Å². The van der Waals surface area contributed by atoms with Crippen molar-refractivity contribution in [3.63, 3.8) is 0 Å². The summed E-state index contributed by atoms with van der Waals surface area (Å²) >= 11 is 0. The molecule has 0 aliphatic heterocycles. The second kappa shape index (κ2) is 5.31. The molecule has 1 heteroatoms. The molecule has 1 nitrogen and oxygen atoms in total. The highest BCUT2D eigenvalue weighted by atomic mass is 16.1. The van der Waals surface area contributed by atoms with Gasteiger partial charge in [0.1, 0.15) is 0 Å². The molecule has 2 bridgehead atoms. The predicted molar refractivity (Wildman–Crippen MR) is 99.3 cm³/mol. The van der Waals surface area contributed by atoms with Gasteiger partial charge in [0.05, 0.1) is 10.8 Å². The molecule has 2 aliphatic carbocycles. The first-order chi connectivity index (χ1) is 11.6. The third-order valence-corrected chi connectivity index (χ3v) is 5.68. The molecule has 0 radical (unpaired) electrons. The third kappa shape index (κ3) is 1.97. The number of rotatable bonds is 2. The fourth-order valence-corrected chi connectivity index (χ4v) is 4.54. The average molecular weight is 314 g/mol. The Bertz CT molecular complexity index is 844. The van der Waals surface area contributed by atoms with E-state index in [0.29, 0.717) is 5.78 Å². The lowest BCUT2D eigenvalue weighted by Gasteiger charge is -2.27. The van der Waals surface area contributed by atoms with Gasteiger partial charge in [-0.15, -0.1) is 0 Å². The summed E-state index contributed by atoms with van der Waals surface area (Å²) in [5, 5.41) is 0. The first-order valence-electron chi connectivity index (χ1n) is 8.66. The molecule has 120 valence electrons. The topological polar surface area (TPSA) is 17.1 Å². The highest BCUT2D eigenvalue weighted by Crippen LogP contribution is 2.61. The Morgan fingerprint density at radius 1 is 0.792 bits per heavy atom. The monoisotopic (exact) mass is 314 g/mol. The van der Waals surface area contributed by atoms with E-state index in [-0.39, 0.29) is 0 Å². The maximum absolute atomic E-state index is 13.5. The standard InChI is InChI=1S/C23H22O/c1-22-15-9-10-16-23(2,21(22)24)20(18-13-7-4-8-14-18)19(22)17-11-5-3-6-12-17/h3-9,11-15H,10,16H2,1-2H3. The Kier molecular flexibility index (Phi) is 3.35. The van der Waals surface area contributed by atoms with Gasteiger partial charge in [0, 0.05) is 0 Å². The number of Topliss-reactive ketones (excluding diaryl/α,β-unsaturated/α-hetero) is 1. The largest absolute Gasteiger partial charge is 0.297 e. The Morgan fingerprint density at radius 3 is 1.92 bits per heavy atom. The van der Waals surface area contributed by atoms with Crippen LogP contribution in [0.5, 0.6) is 0 Å². The molecule has 0 aromatic heterocycles. The molecule has 0 N–H and O–H groups in total. The molecule has 2 unspecified atom stereocenters. The van der Waals surface area contributed by atoms with Crippen LogP contribution in [0.2, 0.25) is 0 Å². The summed E-state index contributed by atoms with van der Waals surface area (Å²) in [5.41, 5.74) is 3.75. The van der Waals surface area contributed by atoms with Crippen LogP contribution in [0.3, 0.4) is 0 Å². The third-order valence-electron chi connectivity index (χ3n) is 5.68. The van der Waals surface area contributed by atoms with Crippen LogP contribution < -0.4 is 0 Å². The van der Waals surface area contributed by atoms with Crippen molar-refractivity contribution in [1.29, 1.82) is 0 Å². The van der Waals surface area contributed by atoms with Crippen LogP contribution in [0.25, 0.3) is 11.1 Å². The van der Waals surface area contributed by atoms with Gasteiger partial charge in [0.15, 0.2) is 5.78 Å². The Morgan fingerprint density at radius 2 is 1.33 bits per heavy atom. The molecule has 2 aromatic carbocycles. The van der Waals surface area contributed by atoms with Crippen molar-refractivity contribution < 1.29 is 4.79 Å². The Balaban J connectivity index is 2.10. The van der Waals surface area contributed by atoms with Gasteiger partial charge >= 0.3 is 0 Å². The maximum atomic E-state index is 13.5. The van der Waals surface area contributed by atoms with Crippen LogP contribution in [0.4, 0.5) is 0 Å². The van der Waals surface area contributed by atoms with Crippen LogP contribution in [0.15, 0.2) is 72.8 Å². The normalized spacial score (nSPS) is 29.0. The molecule has 0 heterocycles. The molecule has 4 rings (SSSR count). The van der Waals surface area contributed by atoms with Gasteiger partial charge < -0.3 is 0 Å². The maximum Gasteiger partial charge on any atom is 0.157 e. The van der Waals surface area contributed by atoms with Crippen molar-refractivity contribution in [1.82, 2.24) is 0 Å². The minimum atomic E-state index is -0.544. The molecule has 2 aromatic rings. The number of hydrogen-bond acceptors (Lipinski definition) is 1. The van der Waals surface area contributed by atoms with E-state index in [1.807, 2.05) is 12.1 Å². The molecule has 2 aliphatic rings. The quantitative estimate of drug-likeness (QED) is 0.665. The van der Waals surface area contributed by atoms with Gasteiger partial charge in [-0.05, 0) is 49.0 Å². The van der Waals surface area contributed by atoms with Gasteiger partial charge in [-0.3, -0.25) is 4.79 Å². The average Bonchev–Trinajstić information content (AvgIpc) is 2.70. The molecular formula is C23H22O. The SMILES string of the molecule is CC12C=CCCC(C)(C1=O)C(c1ccccc1)=C2c1ccccc1. The van der Waals surface area contributed by atoms with E-state index in [1.54, 1.807) is 0 Å². The van der Waals surface area contributed by atoms with Crippen LogP contribution in [0, 0.1) is 10.8 Å². The summed E-state index contributed by atoms with van der Waals surface area (Å²) in [6.45, 7) is 4.23. The lowest BCUT2D eigenvalue weighted by molar-refractivity contribution is -0.128. The first-order valence-corrected chi connectivity index (χ1v) is 8.66. The predicted octanol–water partition coefficient (Wildman–Crippen LogP) is 5.54. The van der Waals surface area contributed by atoms with Crippen LogP contribution in [0.1, 0.15) is 37.8 Å². The summed E-state index contributed by atoms with van der Waals surface area (Å²) in [7, 11) is 0. The van der Waals surface area contributed by atoms with Gasteiger partial charge in [0.2, 0.25) is 0 Å². The number of benzene rings is 2. The zero-order valence-corrected chi connectivity index (χ0v) is 14.3. The highest BCUT2D eigenvalue weighted by Gasteiger charge is 2.56. The van der Waals surface area contributed by atoms with Crippen LogP contribution in [-0.4, -0.2) is 5.78 Å². The van der Waals surface area contributed by atoms with E-state index in [1.165, 1.54) is 16.7 Å². The van der Waals surface area contributed by atoms with Crippen molar-refractivity contribution in [3.8, 4) is 0 Å². The molecule has 0 saturated carbocycles. The second-order valence-electron chi connectivity index (χ2n) is 7.29. The zero-order chi connectivity index (χ0) is 16.8. The van der Waals surface area contributed by atoms with E-state index in [4.69, 9.17) is 0 Å². The van der Waals surface area contributed by atoms with Gasteiger partial charge in [-0.25, -0.2) is 0 Å². The van der Waals surface area contributed by atoms with Crippen molar-refractivity contribution in [2.24, 2.45) is 10.8 Å². The number of allylic oxidation sites excluding steroid dienone is 4. The van der Waals surface area contributed by atoms with E-state index in [0.717, 1.165) is 18.4 Å². The first kappa shape index (κ1) is 15.1. The fourth-order valence-electron chi connectivity index (χ4n) is 4.54. The smallest absolute Gasteiger partial charge is 0.157 e. The van der Waals surface area contributed by atoms with E-state index in [9.17, 15) is 4.79 Å². The van der Waals surface area contributed by atoms with Crippen molar-refractivity contribution >= 4 is 16.9 Å². The van der Waals surface area contributed by atoms with E-state index < -0.39 is 10.8 Å². The zero-order valence-electron chi connectivity index (χ0n) is 14.3. The number of carbonyl (C=O) groups is 1. The van der Waals surface area contributed by atoms with Crippen molar-refractivity contribution in [2.75, 3.05) is 0 Å². The number of ketones is 1. The number of carbonyl (C=O) groups excluding carboxylic acids is 1. The molecule has 0 amide bonds. The lowest BCUT2D eigenvalue weighted by atomic mass is 9.74. The molecule has 0 fully saturated rings.